The van der Waals surface area contributed by atoms with Crippen molar-refractivity contribution >= 4 is 28.8 Å². The van der Waals surface area contributed by atoms with Crippen molar-refractivity contribution in [3.05, 3.63) is 76.0 Å². The molecule has 0 bridgehead atoms. The highest BCUT2D eigenvalue weighted by atomic mass is 32.1. The van der Waals surface area contributed by atoms with Gasteiger partial charge in [-0.1, -0.05) is 18.2 Å². The predicted octanol–water partition coefficient (Wildman–Crippen LogP) is 4.25. The van der Waals surface area contributed by atoms with Gasteiger partial charge < -0.3 is 19.7 Å². The molecule has 1 atom stereocenters. The molecule has 2 heterocycles. The normalized spacial score (nSPS) is 15.6. The van der Waals surface area contributed by atoms with E-state index < -0.39 is 6.10 Å². The SMILES string of the molecule is COc1ccc(CN2Cc3cc(NC(=O)Cc4cccs4)ccc3O[C@@H](C)C2=O)cc1. The Balaban J connectivity index is 1.51. The van der Waals surface area contributed by atoms with E-state index in [1.807, 2.05) is 60.0 Å². The van der Waals surface area contributed by atoms with Gasteiger partial charge in [0.2, 0.25) is 5.91 Å². The summed E-state index contributed by atoms with van der Waals surface area (Å²) in [6.07, 6.45) is -0.247. The maximum absolute atomic E-state index is 12.9. The summed E-state index contributed by atoms with van der Waals surface area (Å²) in [7, 11) is 1.63. The summed E-state index contributed by atoms with van der Waals surface area (Å²) in [5.41, 5.74) is 2.56. The highest BCUT2D eigenvalue weighted by Crippen LogP contribution is 2.29. The minimum Gasteiger partial charge on any atom is -0.497 e. The van der Waals surface area contributed by atoms with Crippen LogP contribution in [0.15, 0.2) is 60.0 Å². The quantitative estimate of drug-likeness (QED) is 0.627. The van der Waals surface area contributed by atoms with Gasteiger partial charge in [0.1, 0.15) is 11.5 Å². The van der Waals surface area contributed by atoms with Gasteiger partial charge >= 0.3 is 0 Å². The summed E-state index contributed by atoms with van der Waals surface area (Å²) in [5.74, 6) is 1.29. The zero-order valence-corrected chi connectivity index (χ0v) is 18.3. The Hall–Kier alpha value is -3.32. The van der Waals surface area contributed by atoms with Crippen LogP contribution >= 0.6 is 11.3 Å². The van der Waals surface area contributed by atoms with Gasteiger partial charge in [-0.15, -0.1) is 11.3 Å². The lowest BCUT2D eigenvalue weighted by Crippen LogP contribution is -2.37. The minimum absolute atomic E-state index is 0.0727. The molecule has 2 aromatic carbocycles. The summed E-state index contributed by atoms with van der Waals surface area (Å²) in [5, 5.41) is 4.90. The molecule has 1 aliphatic heterocycles. The molecular formula is C24H24N2O4S. The molecular weight excluding hydrogens is 412 g/mol. The van der Waals surface area contributed by atoms with Gasteiger partial charge in [0.25, 0.3) is 5.91 Å². The molecule has 1 aromatic heterocycles. The number of rotatable bonds is 6. The number of hydrogen-bond donors (Lipinski definition) is 1. The molecule has 0 spiro atoms. The average Bonchev–Trinajstić information content (AvgIpc) is 3.24. The molecule has 0 radical (unpaired) electrons. The highest BCUT2D eigenvalue weighted by Gasteiger charge is 2.28. The first-order valence-electron chi connectivity index (χ1n) is 10.1. The number of methoxy groups -OCH3 is 1. The van der Waals surface area contributed by atoms with E-state index in [9.17, 15) is 9.59 Å². The summed E-state index contributed by atoms with van der Waals surface area (Å²) in [4.78, 5) is 28.0. The van der Waals surface area contributed by atoms with Crippen molar-refractivity contribution in [2.75, 3.05) is 12.4 Å². The first kappa shape index (κ1) is 20.9. The first-order valence-corrected chi connectivity index (χ1v) is 10.9. The number of hydrogen-bond acceptors (Lipinski definition) is 5. The largest absolute Gasteiger partial charge is 0.497 e. The Morgan fingerprint density at radius 3 is 2.74 bits per heavy atom. The summed E-state index contributed by atoms with van der Waals surface area (Å²) in [6.45, 7) is 2.62. The number of thiophene rings is 1. The highest BCUT2D eigenvalue weighted by molar-refractivity contribution is 7.10. The molecule has 1 N–H and O–H groups in total. The Labute approximate surface area is 185 Å². The zero-order valence-electron chi connectivity index (χ0n) is 17.5. The fourth-order valence-corrected chi connectivity index (χ4v) is 4.24. The van der Waals surface area contributed by atoms with Crippen LogP contribution in [-0.4, -0.2) is 29.9 Å². The van der Waals surface area contributed by atoms with Crippen LogP contribution in [0.25, 0.3) is 0 Å². The molecule has 7 heteroatoms. The molecule has 160 valence electrons. The van der Waals surface area contributed by atoms with Crippen LogP contribution < -0.4 is 14.8 Å². The number of carbonyl (C=O) groups is 2. The number of nitrogens with zero attached hydrogens (tertiary/aromatic N) is 1. The molecule has 4 rings (SSSR count). The number of ether oxygens (including phenoxy) is 2. The number of anilines is 1. The fraction of sp³-hybridized carbons (Fsp3) is 0.250. The lowest BCUT2D eigenvalue weighted by Gasteiger charge is -2.22. The Morgan fingerprint density at radius 2 is 2.03 bits per heavy atom. The topological polar surface area (TPSA) is 67.9 Å². The molecule has 0 fully saturated rings. The summed E-state index contributed by atoms with van der Waals surface area (Å²) in [6, 6.07) is 17.0. The third kappa shape index (κ3) is 5.06. The number of benzene rings is 2. The predicted molar refractivity (Wildman–Crippen MR) is 120 cm³/mol. The molecule has 2 amide bonds. The van der Waals surface area contributed by atoms with Crippen molar-refractivity contribution in [3.8, 4) is 11.5 Å². The molecule has 0 aliphatic carbocycles. The fourth-order valence-electron chi connectivity index (χ4n) is 3.54. The molecule has 31 heavy (non-hydrogen) atoms. The van der Waals surface area contributed by atoms with E-state index >= 15 is 0 Å². The smallest absolute Gasteiger partial charge is 0.263 e. The standard InChI is InChI=1S/C24H24N2O4S/c1-16-24(28)26(14-17-5-8-20(29-2)9-6-17)15-18-12-19(7-10-22(18)30-16)25-23(27)13-21-4-3-11-31-21/h3-12,16H,13-15H2,1-2H3,(H,25,27)/t16-/m0/s1. The second-order valence-corrected chi connectivity index (χ2v) is 8.46. The second-order valence-electron chi connectivity index (χ2n) is 7.43. The molecule has 1 aliphatic rings. The van der Waals surface area contributed by atoms with Gasteiger partial charge in [-0.25, -0.2) is 0 Å². The van der Waals surface area contributed by atoms with Crippen LogP contribution in [0.4, 0.5) is 5.69 Å². The Morgan fingerprint density at radius 1 is 1.23 bits per heavy atom. The van der Waals surface area contributed by atoms with Crippen molar-refractivity contribution in [1.82, 2.24) is 4.90 Å². The maximum atomic E-state index is 12.9. The molecule has 0 saturated heterocycles. The van der Waals surface area contributed by atoms with Crippen LogP contribution in [0, 0.1) is 0 Å². The molecule has 0 saturated carbocycles. The second kappa shape index (κ2) is 9.22. The van der Waals surface area contributed by atoms with Crippen molar-refractivity contribution in [2.24, 2.45) is 0 Å². The van der Waals surface area contributed by atoms with Gasteiger partial charge in [0.05, 0.1) is 13.5 Å². The van der Waals surface area contributed by atoms with Gasteiger partial charge in [-0.3, -0.25) is 9.59 Å². The maximum Gasteiger partial charge on any atom is 0.263 e. The van der Waals surface area contributed by atoms with E-state index in [1.165, 1.54) is 0 Å². The van der Waals surface area contributed by atoms with E-state index in [0.717, 1.165) is 21.8 Å². The Kier molecular flexibility index (Phi) is 6.23. The van der Waals surface area contributed by atoms with Gasteiger partial charge in [-0.05, 0) is 54.3 Å². The van der Waals surface area contributed by atoms with Crippen LogP contribution in [0.5, 0.6) is 11.5 Å². The van der Waals surface area contributed by atoms with Crippen molar-refractivity contribution in [1.29, 1.82) is 0 Å². The minimum atomic E-state index is -0.584. The van der Waals surface area contributed by atoms with E-state index in [4.69, 9.17) is 9.47 Å². The molecule has 0 unspecified atom stereocenters. The van der Waals surface area contributed by atoms with Crippen LogP contribution in [-0.2, 0) is 29.1 Å². The summed E-state index contributed by atoms with van der Waals surface area (Å²) >= 11 is 1.56. The van der Waals surface area contributed by atoms with E-state index in [-0.39, 0.29) is 11.8 Å². The zero-order chi connectivity index (χ0) is 21.8. The molecule has 6 nitrogen and oxygen atoms in total. The number of fused-ring (bicyclic) bond motifs is 1. The number of nitrogens with one attached hydrogen (secondary N) is 1. The van der Waals surface area contributed by atoms with E-state index in [1.54, 1.807) is 30.3 Å². The van der Waals surface area contributed by atoms with Crippen molar-refractivity contribution in [2.45, 2.75) is 32.5 Å². The number of amides is 2. The van der Waals surface area contributed by atoms with Gasteiger partial charge in [-0.2, -0.15) is 0 Å². The lowest BCUT2D eigenvalue weighted by atomic mass is 10.1. The average molecular weight is 437 g/mol. The van der Waals surface area contributed by atoms with Crippen LogP contribution in [0.2, 0.25) is 0 Å². The van der Waals surface area contributed by atoms with E-state index in [0.29, 0.717) is 30.9 Å². The lowest BCUT2D eigenvalue weighted by molar-refractivity contribution is -0.138. The Bertz CT molecular complexity index is 1060. The first-order chi connectivity index (χ1) is 15.0. The van der Waals surface area contributed by atoms with Crippen LogP contribution in [0.3, 0.4) is 0 Å². The summed E-state index contributed by atoms with van der Waals surface area (Å²) < 4.78 is 11.1. The van der Waals surface area contributed by atoms with Crippen molar-refractivity contribution < 1.29 is 19.1 Å². The third-order valence-corrected chi connectivity index (χ3v) is 5.99. The van der Waals surface area contributed by atoms with Crippen molar-refractivity contribution in [3.63, 3.8) is 0 Å². The number of carbonyl (C=O) groups excluding carboxylic acids is 2. The molecule has 3 aromatic rings. The van der Waals surface area contributed by atoms with Gasteiger partial charge in [0.15, 0.2) is 6.10 Å². The van der Waals surface area contributed by atoms with E-state index in [2.05, 4.69) is 5.32 Å². The van der Waals surface area contributed by atoms with Gasteiger partial charge in [0, 0.05) is 29.2 Å². The third-order valence-electron chi connectivity index (χ3n) is 5.12. The monoisotopic (exact) mass is 436 g/mol. The van der Waals surface area contributed by atoms with Crippen LogP contribution in [0.1, 0.15) is 22.9 Å².